The lowest BCUT2D eigenvalue weighted by Crippen LogP contribution is -1.91. The molecule has 0 spiro atoms. The predicted octanol–water partition coefficient (Wildman–Crippen LogP) is 6.73. The minimum Gasteiger partial charge on any atom is -0.0874 e. The molecule has 0 saturated carbocycles. The molecule has 0 fully saturated rings. The Morgan fingerprint density at radius 3 is 2.57 bits per heavy atom. The van der Waals surface area contributed by atoms with E-state index in [4.69, 9.17) is 0 Å². The summed E-state index contributed by atoms with van der Waals surface area (Å²) in [4.78, 5) is 0. The van der Waals surface area contributed by atoms with Crippen LogP contribution in [0.2, 0.25) is 0 Å². The summed E-state index contributed by atoms with van der Waals surface area (Å²) in [6.07, 6.45) is 15.4. The van der Waals surface area contributed by atoms with E-state index in [-0.39, 0.29) is 0 Å². The maximum atomic E-state index is 2.31. The summed E-state index contributed by atoms with van der Waals surface area (Å²) in [6, 6.07) is 6.78. The van der Waals surface area contributed by atoms with Crippen molar-refractivity contribution in [2.24, 2.45) is 0 Å². The Morgan fingerprint density at radius 1 is 1.19 bits per heavy atom. The van der Waals surface area contributed by atoms with Crippen LogP contribution in [-0.2, 0) is 0 Å². The molecule has 1 aromatic carbocycles. The van der Waals surface area contributed by atoms with Gasteiger partial charge in [0.15, 0.2) is 0 Å². The summed E-state index contributed by atoms with van der Waals surface area (Å²) in [6.45, 7) is 10.4. The molecular weight excluding hydrogens is 252 g/mol. The van der Waals surface area contributed by atoms with E-state index in [1.54, 1.807) is 0 Å². The monoisotopic (exact) mass is 280 g/mol. The third-order valence-corrected chi connectivity index (χ3v) is 3.48. The van der Waals surface area contributed by atoms with E-state index in [9.17, 15) is 0 Å². The number of allylic oxidation sites excluding steroid dienone is 7. The maximum absolute atomic E-state index is 2.31. The van der Waals surface area contributed by atoms with Crippen LogP contribution in [0.4, 0.5) is 0 Å². The molecule has 0 aliphatic heterocycles. The number of hydrogen-bond donors (Lipinski definition) is 0. The Kier molecular flexibility index (Phi) is 7.53. The Bertz CT molecular complexity index is 566. The van der Waals surface area contributed by atoms with Gasteiger partial charge in [0.05, 0.1) is 0 Å². The maximum Gasteiger partial charge on any atom is -0.0218 e. The standard InChI is InChI=1S/C19H22.C2H6/c1-4-8-15(2)13-19-14-18(12-11-16(19)3)17-9-6-5-7-10-17;1-2/h4-6,8-9,11-14H,7,10H2,1-3H3;1-2H3/b8-4-,15-13-;. The molecule has 0 N–H and O–H groups in total. The van der Waals surface area contributed by atoms with Crippen LogP contribution >= 0.6 is 0 Å². The Hall–Kier alpha value is -1.82. The number of benzene rings is 1. The Balaban J connectivity index is 0.00000106. The van der Waals surface area contributed by atoms with Crippen molar-refractivity contribution in [2.75, 3.05) is 0 Å². The van der Waals surface area contributed by atoms with Crippen molar-refractivity contribution < 1.29 is 0 Å². The van der Waals surface area contributed by atoms with E-state index in [1.165, 1.54) is 27.8 Å². The zero-order chi connectivity index (χ0) is 15.7. The van der Waals surface area contributed by atoms with Gasteiger partial charge in [0.1, 0.15) is 0 Å². The second-order valence-electron chi connectivity index (χ2n) is 5.12. The van der Waals surface area contributed by atoms with Crippen LogP contribution in [0.5, 0.6) is 0 Å². The third kappa shape index (κ3) is 5.23. The first-order valence-corrected chi connectivity index (χ1v) is 7.98. The van der Waals surface area contributed by atoms with Crippen LogP contribution in [0.15, 0.2) is 54.2 Å². The van der Waals surface area contributed by atoms with Crippen molar-refractivity contribution in [3.05, 3.63) is 70.8 Å². The molecule has 0 bridgehead atoms. The smallest absolute Gasteiger partial charge is 0.0218 e. The molecule has 0 heterocycles. The molecule has 21 heavy (non-hydrogen) atoms. The van der Waals surface area contributed by atoms with E-state index in [2.05, 4.69) is 75.4 Å². The summed E-state index contributed by atoms with van der Waals surface area (Å²) < 4.78 is 0. The third-order valence-electron chi connectivity index (χ3n) is 3.48. The highest BCUT2D eigenvalue weighted by Crippen LogP contribution is 2.26. The molecule has 0 unspecified atom stereocenters. The quantitative estimate of drug-likeness (QED) is 0.538. The topological polar surface area (TPSA) is 0 Å². The summed E-state index contributed by atoms with van der Waals surface area (Å²) in [5, 5.41) is 0. The molecule has 0 aromatic heterocycles. The Morgan fingerprint density at radius 2 is 1.95 bits per heavy atom. The van der Waals surface area contributed by atoms with E-state index >= 15 is 0 Å². The fourth-order valence-electron chi connectivity index (χ4n) is 2.40. The molecule has 1 aliphatic carbocycles. The molecule has 112 valence electrons. The van der Waals surface area contributed by atoms with Gasteiger partial charge in [-0.15, -0.1) is 0 Å². The summed E-state index contributed by atoms with van der Waals surface area (Å²) >= 11 is 0. The number of rotatable bonds is 3. The van der Waals surface area contributed by atoms with Crippen molar-refractivity contribution >= 4 is 11.6 Å². The molecule has 1 aromatic rings. The van der Waals surface area contributed by atoms with Gasteiger partial charge < -0.3 is 0 Å². The lowest BCUT2D eigenvalue weighted by atomic mass is 9.94. The molecule has 0 radical (unpaired) electrons. The lowest BCUT2D eigenvalue weighted by molar-refractivity contribution is 1.05. The van der Waals surface area contributed by atoms with Crippen molar-refractivity contribution in [2.45, 2.75) is 47.5 Å². The van der Waals surface area contributed by atoms with E-state index in [0.29, 0.717) is 0 Å². The first-order chi connectivity index (χ1) is 10.2. The molecule has 0 amide bonds. The van der Waals surface area contributed by atoms with Gasteiger partial charge in [-0.3, -0.25) is 0 Å². The lowest BCUT2D eigenvalue weighted by Gasteiger charge is -2.11. The molecule has 0 heteroatoms. The highest BCUT2D eigenvalue weighted by molar-refractivity contribution is 5.72. The van der Waals surface area contributed by atoms with Crippen LogP contribution in [0, 0.1) is 6.92 Å². The van der Waals surface area contributed by atoms with E-state index in [1.807, 2.05) is 13.8 Å². The van der Waals surface area contributed by atoms with Crippen molar-refractivity contribution in [3.63, 3.8) is 0 Å². The average molecular weight is 280 g/mol. The average Bonchev–Trinajstić information content (AvgIpc) is 2.52. The van der Waals surface area contributed by atoms with Gasteiger partial charge in [-0.1, -0.05) is 68.0 Å². The molecule has 0 nitrogen and oxygen atoms in total. The Labute approximate surface area is 130 Å². The fraction of sp³-hybridized carbons (Fsp3) is 0.333. The minimum absolute atomic E-state index is 1.15. The van der Waals surface area contributed by atoms with Crippen molar-refractivity contribution in [1.29, 1.82) is 0 Å². The van der Waals surface area contributed by atoms with Gasteiger partial charge in [0, 0.05) is 0 Å². The minimum atomic E-state index is 1.15. The van der Waals surface area contributed by atoms with Gasteiger partial charge in [-0.2, -0.15) is 0 Å². The normalized spacial score (nSPS) is 14.7. The molecule has 2 rings (SSSR count). The first-order valence-electron chi connectivity index (χ1n) is 7.98. The van der Waals surface area contributed by atoms with Crippen LogP contribution in [-0.4, -0.2) is 0 Å². The fourth-order valence-corrected chi connectivity index (χ4v) is 2.40. The molecule has 0 atom stereocenters. The highest BCUT2D eigenvalue weighted by atomic mass is 14.1. The van der Waals surface area contributed by atoms with Crippen LogP contribution in [0.25, 0.3) is 11.6 Å². The summed E-state index contributed by atoms with van der Waals surface area (Å²) in [5.41, 5.74) is 6.75. The van der Waals surface area contributed by atoms with Gasteiger partial charge >= 0.3 is 0 Å². The number of aryl methyl sites for hydroxylation is 1. The van der Waals surface area contributed by atoms with Crippen LogP contribution in [0.3, 0.4) is 0 Å². The SMILES string of the molecule is C/C=C\C(C)=C/c1cc(C2=CC=CCC2)ccc1C.CC. The van der Waals surface area contributed by atoms with Gasteiger partial charge in [0.25, 0.3) is 0 Å². The molecule has 0 saturated heterocycles. The second kappa shape index (κ2) is 9.18. The van der Waals surface area contributed by atoms with Gasteiger partial charge in [-0.05, 0) is 61.9 Å². The van der Waals surface area contributed by atoms with Crippen molar-refractivity contribution in [3.8, 4) is 0 Å². The van der Waals surface area contributed by atoms with Crippen molar-refractivity contribution in [1.82, 2.24) is 0 Å². The van der Waals surface area contributed by atoms with Crippen LogP contribution in [0.1, 0.15) is 57.2 Å². The first kappa shape index (κ1) is 17.2. The van der Waals surface area contributed by atoms with Gasteiger partial charge in [0.2, 0.25) is 0 Å². The van der Waals surface area contributed by atoms with E-state index in [0.717, 1.165) is 12.8 Å². The zero-order valence-corrected chi connectivity index (χ0v) is 14.1. The van der Waals surface area contributed by atoms with Gasteiger partial charge in [-0.25, -0.2) is 0 Å². The summed E-state index contributed by atoms with van der Waals surface area (Å²) in [5.74, 6) is 0. The molecule has 1 aliphatic rings. The van der Waals surface area contributed by atoms with E-state index < -0.39 is 0 Å². The highest BCUT2D eigenvalue weighted by Gasteiger charge is 2.05. The predicted molar refractivity (Wildman–Crippen MR) is 97.3 cm³/mol. The van der Waals surface area contributed by atoms with Crippen LogP contribution < -0.4 is 0 Å². The summed E-state index contributed by atoms with van der Waals surface area (Å²) in [7, 11) is 0. The number of hydrogen-bond acceptors (Lipinski definition) is 0. The second-order valence-corrected chi connectivity index (χ2v) is 5.12. The molecular formula is C21H28. The zero-order valence-electron chi connectivity index (χ0n) is 14.1. The largest absolute Gasteiger partial charge is 0.0874 e.